The highest BCUT2D eigenvalue weighted by Gasteiger charge is 2.04. The van der Waals surface area contributed by atoms with Crippen molar-refractivity contribution in [2.45, 2.75) is 19.8 Å². The third kappa shape index (κ3) is 5.48. The first kappa shape index (κ1) is 16.3. The summed E-state index contributed by atoms with van der Waals surface area (Å²) in [5.74, 6) is 1.49. The Labute approximate surface area is 120 Å². The Morgan fingerprint density at radius 3 is 2.55 bits per heavy atom. The van der Waals surface area contributed by atoms with Crippen molar-refractivity contribution in [3.63, 3.8) is 0 Å². The molecule has 2 N–H and O–H groups in total. The number of methoxy groups -OCH3 is 2. The zero-order valence-corrected chi connectivity index (χ0v) is 12.5. The number of hydrogen-bond donors (Lipinski definition) is 2. The Hall–Kier alpha value is -1.75. The fourth-order valence-electron chi connectivity index (χ4n) is 1.80. The van der Waals surface area contributed by atoms with Gasteiger partial charge in [-0.1, -0.05) is 13.0 Å². The van der Waals surface area contributed by atoms with Gasteiger partial charge in [-0.15, -0.1) is 0 Å². The zero-order chi connectivity index (χ0) is 14.8. The number of rotatable bonds is 9. The van der Waals surface area contributed by atoms with Crippen molar-refractivity contribution in [1.82, 2.24) is 10.6 Å². The van der Waals surface area contributed by atoms with Crippen molar-refractivity contribution >= 4 is 5.91 Å². The van der Waals surface area contributed by atoms with Gasteiger partial charge in [-0.3, -0.25) is 4.79 Å². The molecule has 0 unspecified atom stereocenters. The van der Waals surface area contributed by atoms with Crippen molar-refractivity contribution in [1.29, 1.82) is 0 Å². The van der Waals surface area contributed by atoms with Gasteiger partial charge in [0.2, 0.25) is 5.91 Å². The average molecular weight is 280 g/mol. The van der Waals surface area contributed by atoms with Crippen LogP contribution in [0.4, 0.5) is 0 Å². The number of ether oxygens (including phenoxy) is 2. The smallest absolute Gasteiger partial charge is 0.233 e. The third-order valence-corrected chi connectivity index (χ3v) is 2.90. The van der Waals surface area contributed by atoms with E-state index in [1.165, 1.54) is 0 Å². The third-order valence-electron chi connectivity index (χ3n) is 2.90. The van der Waals surface area contributed by atoms with Gasteiger partial charge in [0, 0.05) is 6.54 Å². The van der Waals surface area contributed by atoms with Crippen molar-refractivity contribution in [2.24, 2.45) is 0 Å². The summed E-state index contributed by atoms with van der Waals surface area (Å²) in [6, 6.07) is 5.85. The normalized spacial score (nSPS) is 10.2. The summed E-state index contributed by atoms with van der Waals surface area (Å²) in [6.45, 7) is 3.86. The largest absolute Gasteiger partial charge is 0.493 e. The summed E-state index contributed by atoms with van der Waals surface area (Å²) in [5, 5.41) is 5.95. The van der Waals surface area contributed by atoms with Crippen molar-refractivity contribution in [2.75, 3.05) is 33.9 Å². The van der Waals surface area contributed by atoms with Crippen molar-refractivity contribution in [3.05, 3.63) is 23.8 Å². The molecule has 0 radical (unpaired) electrons. The Kier molecular flexibility index (Phi) is 7.50. The standard InChI is InChI=1S/C15H24N2O3/c1-4-8-17-15(18)11-16-9-7-12-5-6-13(19-2)14(10-12)20-3/h5-6,10,16H,4,7-9,11H2,1-3H3,(H,17,18). The fourth-order valence-corrected chi connectivity index (χ4v) is 1.80. The van der Waals surface area contributed by atoms with Crippen LogP contribution in [0.2, 0.25) is 0 Å². The molecular weight excluding hydrogens is 256 g/mol. The number of benzene rings is 1. The predicted molar refractivity (Wildman–Crippen MR) is 79.4 cm³/mol. The molecule has 0 atom stereocenters. The Morgan fingerprint density at radius 2 is 1.90 bits per heavy atom. The molecular formula is C15H24N2O3. The van der Waals surface area contributed by atoms with E-state index in [4.69, 9.17) is 9.47 Å². The SMILES string of the molecule is CCCNC(=O)CNCCc1ccc(OC)c(OC)c1. The molecule has 112 valence electrons. The van der Waals surface area contributed by atoms with Crippen LogP contribution in [0.5, 0.6) is 11.5 Å². The summed E-state index contributed by atoms with van der Waals surface area (Å²) in [6.07, 6.45) is 1.79. The quantitative estimate of drug-likeness (QED) is 0.671. The molecule has 1 amide bonds. The van der Waals surface area contributed by atoms with E-state index in [1.807, 2.05) is 25.1 Å². The van der Waals surface area contributed by atoms with E-state index in [2.05, 4.69) is 10.6 Å². The number of hydrogen-bond acceptors (Lipinski definition) is 4. The molecule has 20 heavy (non-hydrogen) atoms. The molecule has 0 aliphatic carbocycles. The number of carbonyl (C=O) groups is 1. The maximum atomic E-state index is 11.4. The highest BCUT2D eigenvalue weighted by atomic mass is 16.5. The van der Waals surface area contributed by atoms with E-state index >= 15 is 0 Å². The summed E-state index contributed by atoms with van der Waals surface area (Å²) in [4.78, 5) is 11.4. The van der Waals surface area contributed by atoms with Crippen LogP contribution < -0.4 is 20.1 Å². The summed E-state index contributed by atoms with van der Waals surface area (Å²) >= 11 is 0. The van der Waals surface area contributed by atoms with E-state index in [-0.39, 0.29) is 5.91 Å². The molecule has 5 nitrogen and oxygen atoms in total. The van der Waals surface area contributed by atoms with Gasteiger partial charge in [0.05, 0.1) is 20.8 Å². The molecule has 5 heteroatoms. The van der Waals surface area contributed by atoms with Gasteiger partial charge in [0.25, 0.3) is 0 Å². The fraction of sp³-hybridized carbons (Fsp3) is 0.533. The van der Waals surface area contributed by atoms with E-state index in [9.17, 15) is 4.79 Å². The van der Waals surface area contributed by atoms with Gasteiger partial charge in [-0.25, -0.2) is 0 Å². The lowest BCUT2D eigenvalue weighted by Gasteiger charge is -2.10. The lowest BCUT2D eigenvalue weighted by atomic mass is 10.1. The first-order valence-electron chi connectivity index (χ1n) is 6.89. The molecule has 1 aromatic carbocycles. The number of amides is 1. The van der Waals surface area contributed by atoms with Crippen molar-refractivity contribution < 1.29 is 14.3 Å². The maximum absolute atomic E-state index is 11.4. The monoisotopic (exact) mass is 280 g/mol. The van der Waals surface area contributed by atoms with Gasteiger partial charge in [0.15, 0.2) is 11.5 Å². The lowest BCUT2D eigenvalue weighted by Crippen LogP contribution is -2.35. The number of carbonyl (C=O) groups excluding carboxylic acids is 1. The molecule has 0 spiro atoms. The van der Waals surface area contributed by atoms with E-state index in [0.29, 0.717) is 6.54 Å². The molecule has 0 fully saturated rings. The lowest BCUT2D eigenvalue weighted by molar-refractivity contribution is -0.120. The molecule has 1 aromatic rings. The van der Waals surface area contributed by atoms with E-state index in [1.54, 1.807) is 14.2 Å². The van der Waals surface area contributed by atoms with Crippen LogP contribution in [0.15, 0.2) is 18.2 Å². The topological polar surface area (TPSA) is 59.6 Å². The highest BCUT2D eigenvalue weighted by Crippen LogP contribution is 2.27. The molecule has 0 saturated heterocycles. The Balaban J connectivity index is 2.33. The van der Waals surface area contributed by atoms with Crippen LogP contribution in [-0.4, -0.2) is 39.8 Å². The predicted octanol–water partition coefficient (Wildman–Crippen LogP) is 1.36. The van der Waals surface area contributed by atoms with Crippen LogP contribution in [-0.2, 0) is 11.2 Å². The molecule has 0 aliphatic heterocycles. The van der Waals surface area contributed by atoms with E-state index in [0.717, 1.165) is 43.0 Å². The van der Waals surface area contributed by atoms with Crippen LogP contribution in [0.1, 0.15) is 18.9 Å². The molecule has 0 aromatic heterocycles. The maximum Gasteiger partial charge on any atom is 0.233 e. The van der Waals surface area contributed by atoms with Gasteiger partial charge in [-0.2, -0.15) is 0 Å². The Bertz CT molecular complexity index is 422. The van der Waals surface area contributed by atoms with E-state index < -0.39 is 0 Å². The van der Waals surface area contributed by atoms with Gasteiger partial charge < -0.3 is 20.1 Å². The van der Waals surface area contributed by atoms with Crippen LogP contribution in [0.25, 0.3) is 0 Å². The second kappa shape index (κ2) is 9.20. The summed E-state index contributed by atoms with van der Waals surface area (Å²) in [5.41, 5.74) is 1.14. The Morgan fingerprint density at radius 1 is 1.15 bits per heavy atom. The van der Waals surface area contributed by atoms with Crippen LogP contribution in [0.3, 0.4) is 0 Å². The minimum atomic E-state index is 0.0409. The molecule has 0 bridgehead atoms. The minimum absolute atomic E-state index is 0.0409. The van der Waals surface area contributed by atoms with Gasteiger partial charge in [-0.05, 0) is 37.1 Å². The average Bonchev–Trinajstić information content (AvgIpc) is 2.49. The van der Waals surface area contributed by atoms with Gasteiger partial charge in [0.1, 0.15) is 0 Å². The first-order valence-corrected chi connectivity index (χ1v) is 6.89. The number of nitrogens with one attached hydrogen (secondary N) is 2. The van der Waals surface area contributed by atoms with Gasteiger partial charge >= 0.3 is 0 Å². The highest BCUT2D eigenvalue weighted by molar-refractivity contribution is 5.77. The van der Waals surface area contributed by atoms with Crippen molar-refractivity contribution in [3.8, 4) is 11.5 Å². The molecule has 0 saturated carbocycles. The first-order chi connectivity index (χ1) is 9.71. The minimum Gasteiger partial charge on any atom is -0.493 e. The van der Waals surface area contributed by atoms with Crippen LogP contribution in [0, 0.1) is 0 Å². The zero-order valence-electron chi connectivity index (χ0n) is 12.5. The summed E-state index contributed by atoms with van der Waals surface area (Å²) < 4.78 is 10.4. The van der Waals surface area contributed by atoms with Crippen LogP contribution >= 0.6 is 0 Å². The second-order valence-corrected chi connectivity index (χ2v) is 4.47. The second-order valence-electron chi connectivity index (χ2n) is 4.47. The summed E-state index contributed by atoms with van der Waals surface area (Å²) in [7, 11) is 3.24. The molecule has 0 aliphatic rings. The molecule has 1 rings (SSSR count). The molecule has 0 heterocycles.